The zero-order valence-electron chi connectivity index (χ0n) is 11.3. The van der Waals surface area contributed by atoms with Crippen LogP contribution < -0.4 is 0 Å². The standard InChI is InChI=1S/C13H23FO4S/c1-9-2-10-4-11(3-9)6-12(5-10)7-18-8-13(14)19(15,16)17/h9-13H,2-8H2,1H3,(H,15,16,17). The van der Waals surface area contributed by atoms with Gasteiger partial charge in [-0.25, -0.2) is 4.39 Å². The maximum absolute atomic E-state index is 13.0. The van der Waals surface area contributed by atoms with Crippen molar-refractivity contribution in [3.05, 3.63) is 0 Å². The van der Waals surface area contributed by atoms with Crippen LogP contribution in [0, 0.1) is 23.7 Å². The first-order chi connectivity index (χ1) is 8.84. The zero-order valence-corrected chi connectivity index (χ0v) is 12.1. The summed E-state index contributed by atoms with van der Waals surface area (Å²) in [4.78, 5) is 0. The molecule has 2 aliphatic rings. The smallest absolute Gasteiger partial charge is 0.299 e. The second kappa shape index (κ2) is 6.06. The quantitative estimate of drug-likeness (QED) is 0.792. The highest BCUT2D eigenvalue weighted by Crippen LogP contribution is 2.44. The molecule has 6 heteroatoms. The molecule has 0 aromatic rings. The van der Waals surface area contributed by atoms with E-state index in [1.165, 1.54) is 19.3 Å². The molecule has 2 saturated carbocycles. The Labute approximate surface area is 114 Å². The van der Waals surface area contributed by atoms with Gasteiger partial charge in [0.15, 0.2) is 0 Å². The Hall–Kier alpha value is -0.200. The van der Waals surface area contributed by atoms with Crippen LogP contribution in [-0.2, 0) is 14.9 Å². The Morgan fingerprint density at radius 3 is 2.32 bits per heavy atom. The number of rotatable bonds is 5. The van der Waals surface area contributed by atoms with E-state index in [1.54, 1.807) is 0 Å². The molecule has 0 amide bonds. The third-order valence-corrected chi connectivity index (χ3v) is 5.18. The van der Waals surface area contributed by atoms with Crippen molar-refractivity contribution in [1.82, 2.24) is 0 Å². The Balaban J connectivity index is 1.73. The number of fused-ring (bicyclic) bond motifs is 2. The summed E-state index contributed by atoms with van der Waals surface area (Å²) in [6.45, 7) is 2.13. The number of alkyl halides is 1. The lowest BCUT2D eigenvalue weighted by atomic mass is 9.65. The maximum Gasteiger partial charge on any atom is 0.299 e. The van der Waals surface area contributed by atoms with Crippen LogP contribution in [0.3, 0.4) is 0 Å². The van der Waals surface area contributed by atoms with Crippen LogP contribution in [0.25, 0.3) is 0 Å². The molecule has 3 unspecified atom stereocenters. The highest BCUT2D eigenvalue weighted by Gasteiger charge is 2.34. The number of hydrogen-bond donors (Lipinski definition) is 1. The predicted octanol–water partition coefficient (Wildman–Crippen LogP) is 2.65. The van der Waals surface area contributed by atoms with Gasteiger partial charge in [-0.2, -0.15) is 8.42 Å². The molecule has 0 aromatic carbocycles. The van der Waals surface area contributed by atoms with E-state index < -0.39 is 22.2 Å². The lowest BCUT2D eigenvalue weighted by molar-refractivity contribution is 0.0246. The summed E-state index contributed by atoms with van der Waals surface area (Å²) in [5.74, 6) is 2.71. The molecule has 0 saturated heterocycles. The fraction of sp³-hybridized carbons (Fsp3) is 1.00. The molecule has 112 valence electrons. The fourth-order valence-corrected chi connectivity index (χ4v) is 4.14. The lowest BCUT2D eigenvalue weighted by Gasteiger charge is -2.41. The Kier molecular flexibility index (Phi) is 4.84. The first-order valence-electron chi connectivity index (χ1n) is 7.02. The second-order valence-electron chi connectivity index (χ2n) is 6.34. The maximum atomic E-state index is 13.0. The van der Waals surface area contributed by atoms with E-state index in [9.17, 15) is 12.8 Å². The molecule has 1 N–H and O–H groups in total. The van der Waals surface area contributed by atoms with Crippen LogP contribution in [0.4, 0.5) is 4.39 Å². The van der Waals surface area contributed by atoms with E-state index in [0.29, 0.717) is 12.5 Å². The summed E-state index contributed by atoms with van der Waals surface area (Å²) in [7, 11) is -4.62. The first-order valence-corrected chi connectivity index (χ1v) is 8.53. The molecule has 0 aromatic heterocycles. The van der Waals surface area contributed by atoms with Gasteiger partial charge in [0.2, 0.25) is 5.50 Å². The van der Waals surface area contributed by atoms with Gasteiger partial charge in [0.05, 0.1) is 6.61 Å². The van der Waals surface area contributed by atoms with Crippen molar-refractivity contribution < 1.29 is 22.1 Å². The second-order valence-corrected chi connectivity index (χ2v) is 7.89. The molecule has 0 aliphatic heterocycles. The Bertz CT molecular complexity index is 379. The summed E-state index contributed by atoms with van der Waals surface area (Å²) >= 11 is 0. The molecule has 2 aliphatic carbocycles. The van der Waals surface area contributed by atoms with Crippen molar-refractivity contribution in [3.63, 3.8) is 0 Å². The number of hydrogen-bond acceptors (Lipinski definition) is 3. The van der Waals surface area contributed by atoms with Gasteiger partial charge in [0.1, 0.15) is 0 Å². The minimum Gasteiger partial charge on any atom is -0.377 e. The van der Waals surface area contributed by atoms with E-state index in [2.05, 4.69) is 6.92 Å². The van der Waals surface area contributed by atoms with E-state index in [1.807, 2.05) is 0 Å². The van der Waals surface area contributed by atoms with Gasteiger partial charge in [-0.1, -0.05) is 6.92 Å². The predicted molar refractivity (Wildman–Crippen MR) is 70.0 cm³/mol. The monoisotopic (exact) mass is 294 g/mol. The van der Waals surface area contributed by atoms with Crippen molar-refractivity contribution in [2.24, 2.45) is 23.7 Å². The average Bonchev–Trinajstić information content (AvgIpc) is 2.25. The van der Waals surface area contributed by atoms with Crippen LogP contribution in [0.15, 0.2) is 0 Å². The minimum absolute atomic E-state index is 0.400. The van der Waals surface area contributed by atoms with Crippen molar-refractivity contribution in [2.45, 2.75) is 44.5 Å². The third kappa shape index (κ3) is 4.39. The molecule has 3 atom stereocenters. The average molecular weight is 294 g/mol. The van der Waals surface area contributed by atoms with Crippen LogP contribution in [0.1, 0.15) is 39.0 Å². The molecule has 2 fully saturated rings. The SMILES string of the molecule is CC1CC2CC(COCC(F)S(=O)(=O)O)CC(C1)C2. The third-order valence-electron chi connectivity index (χ3n) is 4.40. The van der Waals surface area contributed by atoms with E-state index in [-0.39, 0.29) is 0 Å². The van der Waals surface area contributed by atoms with Gasteiger partial charge in [-0.05, 0) is 55.8 Å². The zero-order chi connectivity index (χ0) is 14.0. The molecule has 0 heterocycles. The molecule has 19 heavy (non-hydrogen) atoms. The summed E-state index contributed by atoms with van der Waals surface area (Å²) in [6, 6.07) is 0. The van der Waals surface area contributed by atoms with Crippen molar-refractivity contribution in [3.8, 4) is 0 Å². The van der Waals surface area contributed by atoms with E-state index in [0.717, 1.165) is 30.6 Å². The molecular weight excluding hydrogens is 271 g/mol. The molecule has 0 spiro atoms. The van der Waals surface area contributed by atoms with Gasteiger partial charge in [0, 0.05) is 6.61 Å². The molecular formula is C13H23FO4S. The van der Waals surface area contributed by atoms with Crippen LogP contribution in [-0.4, -0.2) is 31.7 Å². The lowest BCUT2D eigenvalue weighted by Crippen LogP contribution is -2.32. The highest BCUT2D eigenvalue weighted by molar-refractivity contribution is 7.86. The van der Waals surface area contributed by atoms with Crippen LogP contribution >= 0.6 is 0 Å². The fourth-order valence-electron chi connectivity index (χ4n) is 3.87. The largest absolute Gasteiger partial charge is 0.377 e. The van der Waals surface area contributed by atoms with Crippen molar-refractivity contribution >= 4 is 10.1 Å². The van der Waals surface area contributed by atoms with Crippen molar-refractivity contribution in [1.29, 1.82) is 0 Å². The van der Waals surface area contributed by atoms with E-state index >= 15 is 0 Å². The topological polar surface area (TPSA) is 63.6 Å². The summed E-state index contributed by atoms with van der Waals surface area (Å²) in [5, 5.41) is 0. The summed E-state index contributed by atoms with van der Waals surface area (Å²) < 4.78 is 47.6. The number of ether oxygens (including phenoxy) is 1. The van der Waals surface area contributed by atoms with Gasteiger partial charge < -0.3 is 4.74 Å². The molecule has 2 bridgehead atoms. The van der Waals surface area contributed by atoms with Crippen molar-refractivity contribution in [2.75, 3.05) is 13.2 Å². The summed E-state index contributed by atoms with van der Waals surface area (Å²) in [6.07, 6.45) is 6.04. The normalized spacial score (nSPS) is 37.0. The van der Waals surface area contributed by atoms with Gasteiger partial charge >= 0.3 is 0 Å². The minimum atomic E-state index is -4.62. The van der Waals surface area contributed by atoms with Crippen LogP contribution in [0.5, 0.6) is 0 Å². The van der Waals surface area contributed by atoms with Gasteiger partial charge in [-0.15, -0.1) is 0 Å². The van der Waals surface area contributed by atoms with Crippen LogP contribution in [0.2, 0.25) is 0 Å². The molecule has 2 rings (SSSR count). The Morgan fingerprint density at radius 1 is 1.21 bits per heavy atom. The van der Waals surface area contributed by atoms with Gasteiger partial charge in [-0.3, -0.25) is 4.55 Å². The number of halogens is 1. The Morgan fingerprint density at radius 2 is 1.79 bits per heavy atom. The van der Waals surface area contributed by atoms with Gasteiger partial charge in [0.25, 0.3) is 10.1 Å². The molecule has 4 nitrogen and oxygen atoms in total. The summed E-state index contributed by atoms with van der Waals surface area (Å²) in [5.41, 5.74) is -2.32. The first kappa shape index (κ1) is 15.2. The molecule has 0 radical (unpaired) electrons. The van der Waals surface area contributed by atoms with E-state index in [4.69, 9.17) is 9.29 Å². The highest BCUT2D eigenvalue weighted by atomic mass is 32.2.